The summed E-state index contributed by atoms with van der Waals surface area (Å²) in [4.78, 5) is 31.1. The Morgan fingerprint density at radius 1 is 1.16 bits per heavy atom. The second-order valence-corrected chi connectivity index (χ2v) is 5.64. The molecule has 1 aliphatic rings. The molecule has 1 aliphatic heterocycles. The quantitative estimate of drug-likeness (QED) is 0.855. The number of hydrogen-bond donors (Lipinski definition) is 1. The monoisotopic (exact) mass is 335 g/mol. The van der Waals surface area contributed by atoms with E-state index in [9.17, 15) is 9.59 Å². The first-order valence-corrected chi connectivity index (χ1v) is 7.92. The molecule has 1 aromatic heterocycles. The van der Waals surface area contributed by atoms with Gasteiger partial charge in [-0.3, -0.25) is 9.59 Å². The molecule has 0 radical (unpaired) electrons. The highest BCUT2D eigenvalue weighted by atomic mass is 16.2. The Balaban J connectivity index is 1.67. The van der Waals surface area contributed by atoms with Crippen LogP contribution >= 0.6 is 0 Å². The number of pyridine rings is 1. The topological polar surface area (TPSA) is 89.3 Å². The van der Waals surface area contributed by atoms with E-state index in [1.54, 1.807) is 41.4 Å². The minimum absolute atomic E-state index is 0.281. The van der Waals surface area contributed by atoms with Crippen LogP contribution in [0.4, 0.5) is 11.4 Å². The summed E-state index contributed by atoms with van der Waals surface area (Å²) < 4.78 is 0. The summed E-state index contributed by atoms with van der Waals surface area (Å²) in [6.07, 6.45) is 2.52. The predicted molar refractivity (Wildman–Crippen MR) is 93.2 cm³/mol. The van der Waals surface area contributed by atoms with Crippen LogP contribution < -0.4 is 10.2 Å². The Kier molecular flexibility index (Phi) is 4.90. The maximum Gasteiger partial charge on any atom is 0.274 e. The Morgan fingerprint density at radius 2 is 1.92 bits per heavy atom. The molecule has 0 aliphatic carbocycles. The van der Waals surface area contributed by atoms with Gasteiger partial charge in [0.2, 0.25) is 6.41 Å². The Morgan fingerprint density at radius 3 is 2.56 bits per heavy atom. The van der Waals surface area contributed by atoms with E-state index in [1.807, 2.05) is 12.1 Å². The van der Waals surface area contributed by atoms with E-state index >= 15 is 0 Å². The van der Waals surface area contributed by atoms with E-state index < -0.39 is 0 Å². The lowest BCUT2D eigenvalue weighted by atomic mass is 10.2. The number of benzene rings is 1. The van der Waals surface area contributed by atoms with Crippen molar-refractivity contribution < 1.29 is 9.59 Å². The first-order valence-electron chi connectivity index (χ1n) is 7.92. The van der Waals surface area contributed by atoms with Gasteiger partial charge in [-0.1, -0.05) is 12.1 Å². The maximum atomic E-state index is 12.3. The fourth-order valence-corrected chi connectivity index (χ4v) is 2.67. The van der Waals surface area contributed by atoms with Crippen LogP contribution in [-0.2, 0) is 4.79 Å². The van der Waals surface area contributed by atoms with Crippen LogP contribution in [-0.4, -0.2) is 48.4 Å². The standard InChI is InChI=1S/C18H17N5O2/c19-11-14-3-1-2-4-16(14)21-18(25)17-6-5-15(12-20-17)23-9-7-22(13-24)8-10-23/h1-6,12-13H,7-10H2,(H,21,25). The molecule has 0 spiro atoms. The minimum atomic E-state index is -0.361. The van der Waals surface area contributed by atoms with Crippen LogP contribution in [0.5, 0.6) is 0 Å². The van der Waals surface area contributed by atoms with E-state index in [0.29, 0.717) is 24.3 Å². The molecule has 2 amide bonds. The number of rotatable bonds is 4. The number of aromatic nitrogens is 1. The minimum Gasteiger partial charge on any atom is -0.367 e. The number of anilines is 2. The van der Waals surface area contributed by atoms with Gasteiger partial charge in [-0.05, 0) is 24.3 Å². The molecular formula is C18H17N5O2. The van der Waals surface area contributed by atoms with Crippen molar-refractivity contribution in [1.29, 1.82) is 5.26 Å². The summed E-state index contributed by atoms with van der Waals surface area (Å²) in [6, 6.07) is 12.4. The van der Waals surface area contributed by atoms with Crippen molar-refractivity contribution >= 4 is 23.7 Å². The number of nitrogens with one attached hydrogen (secondary N) is 1. The molecule has 126 valence electrons. The summed E-state index contributed by atoms with van der Waals surface area (Å²) in [6.45, 7) is 2.83. The van der Waals surface area contributed by atoms with Crippen molar-refractivity contribution in [2.75, 3.05) is 36.4 Å². The Hall–Kier alpha value is -3.40. The molecule has 7 nitrogen and oxygen atoms in total. The third kappa shape index (κ3) is 3.75. The molecule has 0 bridgehead atoms. The van der Waals surface area contributed by atoms with Gasteiger partial charge in [0.15, 0.2) is 0 Å². The van der Waals surface area contributed by atoms with Crippen LogP contribution in [0.15, 0.2) is 42.6 Å². The van der Waals surface area contributed by atoms with Gasteiger partial charge in [0.25, 0.3) is 5.91 Å². The zero-order valence-electron chi connectivity index (χ0n) is 13.6. The number of piperazine rings is 1. The van der Waals surface area contributed by atoms with Gasteiger partial charge in [0.05, 0.1) is 23.1 Å². The molecule has 7 heteroatoms. The highest BCUT2D eigenvalue weighted by Gasteiger charge is 2.17. The summed E-state index contributed by atoms with van der Waals surface area (Å²) in [5, 5.41) is 11.8. The molecule has 1 N–H and O–H groups in total. The summed E-state index contributed by atoms with van der Waals surface area (Å²) in [5.74, 6) is -0.361. The molecule has 2 heterocycles. The lowest BCUT2D eigenvalue weighted by Gasteiger charge is -2.33. The van der Waals surface area contributed by atoms with E-state index in [1.165, 1.54) is 0 Å². The molecule has 3 rings (SSSR count). The van der Waals surface area contributed by atoms with Crippen molar-refractivity contribution in [3.05, 3.63) is 53.9 Å². The van der Waals surface area contributed by atoms with Crippen LogP contribution in [0.2, 0.25) is 0 Å². The zero-order valence-corrected chi connectivity index (χ0v) is 13.6. The van der Waals surface area contributed by atoms with Gasteiger partial charge in [-0.25, -0.2) is 4.98 Å². The third-order valence-corrected chi connectivity index (χ3v) is 4.10. The second-order valence-electron chi connectivity index (χ2n) is 5.64. The number of para-hydroxylation sites is 1. The summed E-state index contributed by atoms with van der Waals surface area (Å²) in [7, 11) is 0. The van der Waals surface area contributed by atoms with Gasteiger partial charge in [-0.2, -0.15) is 5.26 Å². The lowest BCUT2D eigenvalue weighted by molar-refractivity contribution is -0.118. The average Bonchev–Trinajstić information content (AvgIpc) is 2.68. The number of amides is 2. The molecule has 1 saturated heterocycles. The maximum absolute atomic E-state index is 12.3. The predicted octanol–water partition coefficient (Wildman–Crippen LogP) is 1.48. The highest BCUT2D eigenvalue weighted by molar-refractivity contribution is 6.03. The summed E-state index contributed by atoms with van der Waals surface area (Å²) >= 11 is 0. The van der Waals surface area contributed by atoms with Gasteiger partial charge < -0.3 is 15.1 Å². The largest absolute Gasteiger partial charge is 0.367 e. The van der Waals surface area contributed by atoms with E-state index in [0.717, 1.165) is 25.2 Å². The first kappa shape index (κ1) is 16.5. The molecule has 25 heavy (non-hydrogen) atoms. The number of hydrogen-bond acceptors (Lipinski definition) is 5. The van der Waals surface area contributed by atoms with Gasteiger partial charge >= 0.3 is 0 Å². The molecule has 0 atom stereocenters. The van der Waals surface area contributed by atoms with E-state index in [2.05, 4.69) is 15.2 Å². The molecule has 1 aromatic carbocycles. The van der Waals surface area contributed by atoms with Gasteiger partial charge in [0, 0.05) is 26.2 Å². The van der Waals surface area contributed by atoms with Crippen molar-refractivity contribution in [3.8, 4) is 6.07 Å². The van der Waals surface area contributed by atoms with Crippen molar-refractivity contribution in [1.82, 2.24) is 9.88 Å². The smallest absolute Gasteiger partial charge is 0.274 e. The number of nitriles is 1. The van der Waals surface area contributed by atoms with Gasteiger partial charge in [0.1, 0.15) is 11.8 Å². The Bertz CT molecular complexity index is 805. The van der Waals surface area contributed by atoms with Crippen LogP contribution in [0, 0.1) is 11.3 Å². The summed E-state index contributed by atoms with van der Waals surface area (Å²) in [5.41, 5.74) is 2.06. The van der Waals surface area contributed by atoms with Crippen molar-refractivity contribution in [2.24, 2.45) is 0 Å². The molecule has 0 saturated carbocycles. The van der Waals surface area contributed by atoms with Crippen molar-refractivity contribution in [2.45, 2.75) is 0 Å². The second kappa shape index (κ2) is 7.45. The van der Waals surface area contributed by atoms with E-state index in [-0.39, 0.29) is 11.6 Å². The van der Waals surface area contributed by atoms with Crippen LogP contribution in [0.25, 0.3) is 0 Å². The number of carbonyl (C=O) groups is 2. The average molecular weight is 335 g/mol. The molecule has 1 fully saturated rings. The van der Waals surface area contributed by atoms with Crippen LogP contribution in [0.3, 0.4) is 0 Å². The SMILES string of the molecule is N#Cc1ccccc1NC(=O)c1ccc(N2CCN(C=O)CC2)cn1. The van der Waals surface area contributed by atoms with Gasteiger partial charge in [-0.15, -0.1) is 0 Å². The highest BCUT2D eigenvalue weighted by Crippen LogP contribution is 2.17. The zero-order chi connectivity index (χ0) is 17.6. The van der Waals surface area contributed by atoms with E-state index in [4.69, 9.17) is 5.26 Å². The fourth-order valence-electron chi connectivity index (χ4n) is 2.67. The van der Waals surface area contributed by atoms with Crippen LogP contribution in [0.1, 0.15) is 16.1 Å². The lowest BCUT2D eigenvalue weighted by Crippen LogP contribution is -2.45. The van der Waals surface area contributed by atoms with Crippen molar-refractivity contribution in [3.63, 3.8) is 0 Å². The Labute approximate surface area is 145 Å². The molecule has 2 aromatic rings. The third-order valence-electron chi connectivity index (χ3n) is 4.10. The number of carbonyl (C=O) groups excluding carboxylic acids is 2. The normalized spacial score (nSPS) is 13.9. The fraction of sp³-hybridized carbons (Fsp3) is 0.222. The molecule has 0 unspecified atom stereocenters. The molecular weight excluding hydrogens is 318 g/mol. The first-order chi connectivity index (χ1) is 12.2. The number of nitrogens with zero attached hydrogens (tertiary/aromatic N) is 4.